The topological polar surface area (TPSA) is 401 Å². The summed E-state index contributed by atoms with van der Waals surface area (Å²) < 4.78 is 62.2. The van der Waals surface area contributed by atoms with E-state index >= 15 is 0 Å². The van der Waals surface area contributed by atoms with Gasteiger partial charge in [-0.15, -0.1) is 0 Å². The molecule has 0 saturated carbocycles. The number of ether oxygens (including phenoxy) is 1. The van der Waals surface area contributed by atoms with Crippen LogP contribution in [0.1, 0.15) is 71.9 Å². The second kappa shape index (κ2) is 23.2. The molecule has 26 nitrogen and oxygen atoms in total. The van der Waals surface area contributed by atoms with Crippen molar-refractivity contribution < 1.29 is 90.4 Å². The standard InChI is InChI=1S/C31H52N7O19P3S/c1-18(39)13-19(40)7-5-4-6-8-22(42)61-12-11-33-21(41)9-10-34-29(45)26(44)31(2,3)15-54-60(51,52)57-59(49,50)53-14-20-25(56-58(46,47)48)24(43)30(55-20)38-17-37-23-27(32)35-16-36-28(23)38/h16-18,20,24-26,30,39,43-44H,4-15H2,1-3H3,(H,33,41)(H,34,45)(H,49,50)(H,51,52)(H2,32,35,36)(H2,46,47,48)/t18?,20-,24-,25-,26+,30-/m1/s1. The van der Waals surface area contributed by atoms with E-state index < -0.39 is 90.7 Å². The molecule has 8 atom stereocenters. The van der Waals surface area contributed by atoms with Gasteiger partial charge in [0.15, 0.2) is 22.8 Å². The van der Waals surface area contributed by atoms with E-state index in [1.165, 1.54) is 13.8 Å². The van der Waals surface area contributed by atoms with Crippen molar-refractivity contribution in [2.45, 2.75) is 102 Å². The van der Waals surface area contributed by atoms with Crippen molar-refractivity contribution in [3.63, 3.8) is 0 Å². The molecular formula is C31H52N7O19P3S. The molecule has 3 heterocycles. The molecule has 2 aromatic rings. The molecule has 1 saturated heterocycles. The van der Waals surface area contributed by atoms with Crippen LogP contribution in [0.5, 0.6) is 0 Å². The van der Waals surface area contributed by atoms with Gasteiger partial charge in [-0.25, -0.2) is 28.6 Å². The van der Waals surface area contributed by atoms with Crippen molar-refractivity contribution in [3.05, 3.63) is 12.7 Å². The Morgan fingerprint density at radius 2 is 1.64 bits per heavy atom. The van der Waals surface area contributed by atoms with Crippen LogP contribution in [0.15, 0.2) is 12.7 Å². The first-order valence-electron chi connectivity index (χ1n) is 18.5. The first-order valence-corrected chi connectivity index (χ1v) is 24.1. The monoisotopic (exact) mass is 951 g/mol. The molecule has 1 fully saturated rings. The summed E-state index contributed by atoms with van der Waals surface area (Å²) in [6, 6.07) is 0. The second-order valence-corrected chi connectivity index (χ2v) is 19.8. The van der Waals surface area contributed by atoms with E-state index in [1.807, 2.05) is 0 Å². The highest BCUT2D eigenvalue weighted by Gasteiger charge is 2.50. The zero-order chi connectivity index (χ0) is 45.8. The lowest BCUT2D eigenvalue weighted by atomic mass is 9.87. The van der Waals surface area contributed by atoms with E-state index in [4.69, 9.17) is 19.5 Å². The summed E-state index contributed by atoms with van der Waals surface area (Å²) >= 11 is 1.04. The van der Waals surface area contributed by atoms with Crippen molar-refractivity contribution in [2.75, 3.05) is 37.8 Å². The molecule has 3 unspecified atom stereocenters. The van der Waals surface area contributed by atoms with Gasteiger partial charge in [0.1, 0.15) is 42.0 Å². The number of aromatic nitrogens is 4. The fraction of sp³-hybridized carbons (Fsp3) is 0.710. The number of rotatable bonds is 27. The number of amides is 2. The van der Waals surface area contributed by atoms with Crippen LogP contribution in [-0.4, -0.2) is 140 Å². The minimum atomic E-state index is -5.59. The number of nitrogens with zero attached hydrogens (tertiary/aromatic N) is 4. The van der Waals surface area contributed by atoms with Gasteiger partial charge in [-0.05, 0) is 19.8 Å². The maximum absolute atomic E-state index is 12.7. The predicted octanol–water partition coefficient (Wildman–Crippen LogP) is -0.0448. The Morgan fingerprint density at radius 3 is 2.31 bits per heavy atom. The van der Waals surface area contributed by atoms with Gasteiger partial charge in [-0.2, -0.15) is 4.31 Å². The molecule has 0 aliphatic carbocycles. The van der Waals surface area contributed by atoms with Gasteiger partial charge in [0, 0.05) is 49.9 Å². The quantitative estimate of drug-likeness (QED) is 0.0415. The Hall–Kier alpha value is -2.81. The molecule has 0 bridgehead atoms. The van der Waals surface area contributed by atoms with E-state index in [0.717, 1.165) is 29.0 Å². The number of anilines is 1. The molecule has 3 rings (SSSR count). The highest BCUT2D eigenvalue weighted by Crippen LogP contribution is 2.61. The van der Waals surface area contributed by atoms with Crippen LogP contribution in [0, 0.1) is 5.41 Å². The molecule has 1 aliphatic heterocycles. The van der Waals surface area contributed by atoms with Crippen molar-refractivity contribution in [1.29, 1.82) is 0 Å². The lowest BCUT2D eigenvalue weighted by molar-refractivity contribution is -0.137. The first-order chi connectivity index (χ1) is 28.3. The van der Waals surface area contributed by atoms with E-state index in [0.29, 0.717) is 37.9 Å². The van der Waals surface area contributed by atoms with Gasteiger partial charge in [0.05, 0.1) is 25.6 Å². The fourth-order valence-electron chi connectivity index (χ4n) is 5.57. The number of aliphatic hydroxyl groups excluding tert-OH is 3. The number of Topliss-reactive ketones (excluding diaryl/α,β-unsaturated/α-hetero) is 1. The number of hydrogen-bond donors (Lipinski definition) is 10. The normalized spacial score (nSPS) is 21.3. The molecule has 30 heteroatoms. The van der Waals surface area contributed by atoms with Crippen LogP contribution in [0.4, 0.5) is 5.82 Å². The maximum Gasteiger partial charge on any atom is 0.481 e. The van der Waals surface area contributed by atoms with Crippen LogP contribution < -0.4 is 16.4 Å². The summed E-state index contributed by atoms with van der Waals surface area (Å²) in [7, 11) is -16.4. The number of thioether (sulfide) groups is 1. The average Bonchev–Trinajstić information content (AvgIpc) is 3.71. The van der Waals surface area contributed by atoms with Crippen LogP contribution in [0.2, 0.25) is 0 Å². The van der Waals surface area contributed by atoms with Crippen LogP contribution in [0.3, 0.4) is 0 Å². The average molecular weight is 952 g/mol. The van der Waals surface area contributed by atoms with Crippen molar-refractivity contribution in [3.8, 4) is 0 Å². The van der Waals surface area contributed by atoms with Gasteiger partial charge in [-0.3, -0.25) is 37.3 Å². The lowest BCUT2D eigenvalue weighted by Gasteiger charge is -2.30. The molecular weight excluding hydrogens is 899 g/mol. The molecule has 0 spiro atoms. The van der Waals surface area contributed by atoms with Crippen molar-refractivity contribution >= 4 is 74.9 Å². The number of unbranched alkanes of at least 4 members (excludes halogenated alkanes) is 2. The number of fused-ring (bicyclic) bond motifs is 1. The Morgan fingerprint density at radius 1 is 0.967 bits per heavy atom. The number of carbonyl (C=O) groups excluding carboxylic acids is 4. The third kappa shape index (κ3) is 17.7. The summed E-state index contributed by atoms with van der Waals surface area (Å²) in [4.78, 5) is 99.4. The SMILES string of the molecule is CC(O)CC(=O)CCCCCC(=O)SCCNC(=O)CCNC(=O)[C@H](O)C(C)(C)COP(=O)(O)OP(=O)(O)OC[C@H]1O[C@@H](n2cnc3c(N)ncnc32)[C@H](O)[C@@H]1OP(=O)(O)O. The minimum Gasteiger partial charge on any atom is -0.393 e. The summed E-state index contributed by atoms with van der Waals surface area (Å²) in [5, 5.41) is 35.5. The summed E-state index contributed by atoms with van der Waals surface area (Å²) in [6.45, 7) is 1.92. The lowest BCUT2D eigenvalue weighted by Crippen LogP contribution is -2.46. The Labute approximate surface area is 353 Å². The van der Waals surface area contributed by atoms with Gasteiger partial charge in [0.2, 0.25) is 11.8 Å². The summed E-state index contributed by atoms with van der Waals surface area (Å²) in [5.74, 6) is -1.23. The van der Waals surface area contributed by atoms with E-state index in [9.17, 15) is 67.8 Å². The molecule has 346 valence electrons. The molecule has 11 N–H and O–H groups in total. The number of nitrogens with two attached hydrogens (primary N) is 1. The Bertz CT molecular complexity index is 1970. The summed E-state index contributed by atoms with van der Waals surface area (Å²) in [6.07, 6.45) is -4.99. The number of nitrogen functional groups attached to an aromatic ring is 1. The summed E-state index contributed by atoms with van der Waals surface area (Å²) in [5.41, 5.74) is 4.23. The van der Waals surface area contributed by atoms with E-state index in [2.05, 4.69) is 34.4 Å². The second-order valence-electron chi connectivity index (χ2n) is 14.4. The smallest absolute Gasteiger partial charge is 0.393 e. The predicted molar refractivity (Wildman–Crippen MR) is 211 cm³/mol. The van der Waals surface area contributed by atoms with Gasteiger partial charge in [-0.1, -0.05) is 32.0 Å². The largest absolute Gasteiger partial charge is 0.481 e. The van der Waals surface area contributed by atoms with Crippen LogP contribution in [0.25, 0.3) is 11.2 Å². The molecule has 2 amide bonds. The number of carbonyl (C=O) groups is 4. The number of nitrogens with one attached hydrogen (secondary N) is 2. The molecule has 2 aromatic heterocycles. The number of aliphatic hydroxyl groups is 3. The third-order valence-electron chi connectivity index (χ3n) is 8.62. The highest BCUT2D eigenvalue weighted by atomic mass is 32.2. The first kappa shape index (κ1) is 52.5. The Kier molecular flexibility index (Phi) is 20.0. The van der Waals surface area contributed by atoms with E-state index in [-0.39, 0.29) is 53.8 Å². The fourth-order valence-corrected chi connectivity index (χ4v) is 9.12. The molecule has 0 aromatic carbocycles. The van der Waals surface area contributed by atoms with Crippen LogP contribution in [-0.2, 0) is 55.5 Å². The van der Waals surface area contributed by atoms with Crippen molar-refractivity contribution in [1.82, 2.24) is 30.2 Å². The number of phosphoric acid groups is 3. The zero-order valence-electron chi connectivity index (χ0n) is 33.2. The third-order valence-corrected chi connectivity index (χ3v) is 12.7. The van der Waals surface area contributed by atoms with Crippen LogP contribution >= 0.6 is 35.2 Å². The maximum atomic E-state index is 12.7. The molecule has 61 heavy (non-hydrogen) atoms. The van der Waals surface area contributed by atoms with Crippen molar-refractivity contribution in [2.24, 2.45) is 5.41 Å². The highest BCUT2D eigenvalue weighted by molar-refractivity contribution is 8.13. The van der Waals surface area contributed by atoms with E-state index in [1.54, 1.807) is 6.92 Å². The Balaban J connectivity index is 1.40. The molecule has 1 aliphatic rings. The molecule has 0 radical (unpaired) electrons. The minimum absolute atomic E-state index is 0.0233. The number of phosphoric ester groups is 3. The number of ketones is 1. The number of imidazole rings is 1. The van der Waals surface area contributed by atoms with Gasteiger partial charge in [0.25, 0.3) is 0 Å². The zero-order valence-corrected chi connectivity index (χ0v) is 36.7. The van der Waals surface area contributed by atoms with Gasteiger partial charge >= 0.3 is 23.5 Å². The van der Waals surface area contributed by atoms with Gasteiger partial charge < -0.3 is 56.0 Å². The number of hydrogen-bond acceptors (Lipinski definition) is 20.